The van der Waals surface area contributed by atoms with Gasteiger partial charge in [-0.25, -0.2) is 9.97 Å². The first-order valence-corrected chi connectivity index (χ1v) is 9.04. The molecule has 4 rings (SSSR count). The molecular weight excluding hydrogens is 338 g/mol. The van der Waals surface area contributed by atoms with Crippen LogP contribution in [0, 0.1) is 0 Å². The fraction of sp³-hybridized carbons (Fsp3) is 0.353. The van der Waals surface area contributed by atoms with Gasteiger partial charge in [-0.05, 0) is 25.1 Å². The van der Waals surface area contributed by atoms with Crippen LogP contribution in [0.4, 0.5) is 5.69 Å². The van der Waals surface area contributed by atoms with Gasteiger partial charge in [-0.3, -0.25) is 14.3 Å². The molecule has 1 amide bonds. The summed E-state index contributed by atoms with van der Waals surface area (Å²) in [6.45, 7) is 4.87. The third-order valence-electron chi connectivity index (χ3n) is 4.34. The van der Waals surface area contributed by atoms with Gasteiger partial charge in [0, 0.05) is 31.2 Å². The SMILES string of the molecule is CC(C(=O)Nc1ccc2nc(-n3ccnc3)sc2c1)N1CCOCC1. The Morgan fingerprint density at radius 2 is 2.20 bits per heavy atom. The van der Waals surface area contributed by atoms with Gasteiger partial charge >= 0.3 is 0 Å². The van der Waals surface area contributed by atoms with Gasteiger partial charge in [0.25, 0.3) is 0 Å². The van der Waals surface area contributed by atoms with Gasteiger partial charge in [-0.15, -0.1) is 0 Å². The number of rotatable bonds is 4. The number of imidazole rings is 1. The van der Waals surface area contributed by atoms with Crippen LogP contribution in [0.1, 0.15) is 6.92 Å². The second kappa shape index (κ2) is 6.91. The van der Waals surface area contributed by atoms with E-state index < -0.39 is 0 Å². The zero-order valence-electron chi connectivity index (χ0n) is 13.9. The largest absolute Gasteiger partial charge is 0.379 e. The highest BCUT2D eigenvalue weighted by Gasteiger charge is 2.23. The number of nitrogens with one attached hydrogen (secondary N) is 1. The molecule has 0 bridgehead atoms. The fourth-order valence-electron chi connectivity index (χ4n) is 2.85. The first-order chi connectivity index (χ1) is 12.2. The Balaban J connectivity index is 1.50. The zero-order valence-corrected chi connectivity index (χ0v) is 14.7. The Morgan fingerprint density at radius 3 is 2.96 bits per heavy atom. The Morgan fingerprint density at radius 1 is 1.36 bits per heavy atom. The smallest absolute Gasteiger partial charge is 0.241 e. The number of carbonyl (C=O) groups is 1. The Kier molecular flexibility index (Phi) is 4.48. The van der Waals surface area contributed by atoms with Crippen molar-refractivity contribution in [3.63, 3.8) is 0 Å². The lowest BCUT2D eigenvalue weighted by Gasteiger charge is -2.31. The van der Waals surface area contributed by atoms with E-state index in [4.69, 9.17) is 4.74 Å². The Bertz CT molecular complexity index is 870. The first-order valence-electron chi connectivity index (χ1n) is 8.22. The highest BCUT2D eigenvalue weighted by Crippen LogP contribution is 2.27. The van der Waals surface area contributed by atoms with Crippen molar-refractivity contribution in [3.05, 3.63) is 36.9 Å². The molecule has 1 saturated heterocycles. The first kappa shape index (κ1) is 16.2. The summed E-state index contributed by atoms with van der Waals surface area (Å²) in [6, 6.07) is 5.62. The molecule has 7 nitrogen and oxygen atoms in total. The van der Waals surface area contributed by atoms with Crippen molar-refractivity contribution in [2.45, 2.75) is 13.0 Å². The van der Waals surface area contributed by atoms with E-state index in [1.165, 1.54) is 0 Å². The van der Waals surface area contributed by atoms with Crippen molar-refractivity contribution < 1.29 is 9.53 Å². The number of aromatic nitrogens is 3. The average Bonchev–Trinajstić information content (AvgIpc) is 3.30. The second-order valence-electron chi connectivity index (χ2n) is 5.96. The molecule has 8 heteroatoms. The molecule has 1 aliphatic rings. The minimum atomic E-state index is -0.178. The van der Waals surface area contributed by atoms with E-state index in [0.717, 1.165) is 34.1 Å². The van der Waals surface area contributed by atoms with Crippen LogP contribution < -0.4 is 5.32 Å². The van der Waals surface area contributed by atoms with Crippen molar-refractivity contribution in [3.8, 4) is 5.13 Å². The summed E-state index contributed by atoms with van der Waals surface area (Å²) in [5.41, 5.74) is 1.70. The van der Waals surface area contributed by atoms with Gasteiger partial charge in [0.15, 0.2) is 5.13 Å². The molecule has 0 aliphatic carbocycles. The molecule has 3 aromatic rings. The lowest BCUT2D eigenvalue weighted by Crippen LogP contribution is -2.47. The maximum absolute atomic E-state index is 12.5. The van der Waals surface area contributed by atoms with Crippen LogP contribution in [0.2, 0.25) is 0 Å². The normalized spacial score (nSPS) is 16.8. The minimum absolute atomic E-state index is 0.000554. The van der Waals surface area contributed by atoms with E-state index in [9.17, 15) is 4.79 Å². The summed E-state index contributed by atoms with van der Waals surface area (Å²) >= 11 is 1.57. The van der Waals surface area contributed by atoms with Crippen molar-refractivity contribution in [1.29, 1.82) is 0 Å². The number of morpholine rings is 1. The number of carbonyl (C=O) groups excluding carboxylic acids is 1. The molecule has 1 N–H and O–H groups in total. The summed E-state index contributed by atoms with van der Waals surface area (Å²) < 4.78 is 8.25. The van der Waals surface area contributed by atoms with Crippen LogP contribution in [0.5, 0.6) is 0 Å². The predicted octanol–water partition coefficient (Wildman–Crippen LogP) is 2.14. The highest BCUT2D eigenvalue weighted by molar-refractivity contribution is 7.20. The van der Waals surface area contributed by atoms with Gasteiger partial charge in [-0.1, -0.05) is 11.3 Å². The van der Waals surface area contributed by atoms with Crippen molar-refractivity contribution >= 4 is 33.1 Å². The number of ether oxygens (including phenoxy) is 1. The Labute approximate surface area is 149 Å². The van der Waals surface area contributed by atoms with E-state index in [2.05, 4.69) is 20.2 Å². The lowest BCUT2D eigenvalue weighted by molar-refractivity contribution is -0.122. The summed E-state index contributed by atoms with van der Waals surface area (Å²) in [7, 11) is 0. The van der Waals surface area contributed by atoms with Crippen LogP contribution in [-0.2, 0) is 9.53 Å². The molecule has 1 aromatic carbocycles. The summed E-state index contributed by atoms with van der Waals surface area (Å²) in [4.78, 5) is 23.3. The molecule has 1 atom stereocenters. The van der Waals surface area contributed by atoms with Gasteiger partial charge < -0.3 is 10.1 Å². The highest BCUT2D eigenvalue weighted by atomic mass is 32.1. The monoisotopic (exact) mass is 357 g/mol. The Hall–Kier alpha value is -2.29. The van der Waals surface area contributed by atoms with Crippen molar-refractivity contribution in [2.75, 3.05) is 31.6 Å². The quantitative estimate of drug-likeness (QED) is 0.774. The maximum atomic E-state index is 12.5. The van der Waals surface area contributed by atoms with E-state index in [-0.39, 0.29) is 11.9 Å². The van der Waals surface area contributed by atoms with E-state index in [0.29, 0.717) is 13.2 Å². The molecule has 130 valence electrons. The molecule has 1 fully saturated rings. The number of fused-ring (bicyclic) bond motifs is 1. The van der Waals surface area contributed by atoms with Crippen LogP contribution >= 0.6 is 11.3 Å². The third kappa shape index (κ3) is 3.41. The number of nitrogens with zero attached hydrogens (tertiary/aromatic N) is 4. The topological polar surface area (TPSA) is 72.3 Å². The van der Waals surface area contributed by atoms with Gasteiger partial charge in [0.1, 0.15) is 6.33 Å². The molecule has 0 spiro atoms. The number of benzene rings is 1. The molecule has 1 aliphatic heterocycles. The lowest BCUT2D eigenvalue weighted by atomic mass is 10.2. The molecule has 3 heterocycles. The van der Waals surface area contributed by atoms with E-state index in [1.54, 1.807) is 23.9 Å². The second-order valence-corrected chi connectivity index (χ2v) is 6.97. The molecule has 0 saturated carbocycles. The molecule has 2 aromatic heterocycles. The number of anilines is 1. The molecule has 1 unspecified atom stereocenters. The van der Waals surface area contributed by atoms with Crippen molar-refractivity contribution in [2.24, 2.45) is 0 Å². The van der Waals surface area contributed by atoms with E-state index in [1.807, 2.05) is 35.9 Å². The van der Waals surface area contributed by atoms with E-state index >= 15 is 0 Å². The van der Waals surface area contributed by atoms with Gasteiger partial charge in [0.05, 0.1) is 29.5 Å². The molecular formula is C17H19N5O2S. The number of hydrogen-bond donors (Lipinski definition) is 1. The van der Waals surface area contributed by atoms with Crippen LogP contribution in [0.15, 0.2) is 36.9 Å². The maximum Gasteiger partial charge on any atom is 0.241 e. The third-order valence-corrected chi connectivity index (χ3v) is 5.37. The van der Waals surface area contributed by atoms with Crippen LogP contribution in [0.25, 0.3) is 15.3 Å². The number of hydrogen-bond acceptors (Lipinski definition) is 6. The summed E-state index contributed by atoms with van der Waals surface area (Å²) in [6.07, 6.45) is 5.32. The van der Waals surface area contributed by atoms with Gasteiger partial charge in [0.2, 0.25) is 5.91 Å². The summed E-state index contributed by atoms with van der Waals surface area (Å²) in [5.74, 6) is 0.000554. The fourth-order valence-corrected chi connectivity index (χ4v) is 3.81. The van der Waals surface area contributed by atoms with Crippen LogP contribution in [-0.4, -0.2) is 57.7 Å². The molecule has 25 heavy (non-hydrogen) atoms. The number of thiazole rings is 1. The minimum Gasteiger partial charge on any atom is -0.379 e. The average molecular weight is 357 g/mol. The standard InChI is InChI=1S/C17H19N5O2S/c1-12(21-6-8-24-9-7-21)16(23)19-13-2-3-14-15(10-13)25-17(20-14)22-5-4-18-11-22/h2-5,10-12H,6-9H2,1H3,(H,19,23). The van der Waals surface area contributed by atoms with Gasteiger partial charge in [-0.2, -0.15) is 0 Å². The molecule has 0 radical (unpaired) electrons. The summed E-state index contributed by atoms with van der Waals surface area (Å²) in [5, 5.41) is 3.87. The van der Waals surface area contributed by atoms with Crippen molar-refractivity contribution in [1.82, 2.24) is 19.4 Å². The zero-order chi connectivity index (χ0) is 17.2. The van der Waals surface area contributed by atoms with Crippen LogP contribution in [0.3, 0.4) is 0 Å². The number of amides is 1. The predicted molar refractivity (Wildman–Crippen MR) is 97.2 cm³/mol.